The van der Waals surface area contributed by atoms with Crippen molar-refractivity contribution in [3.05, 3.63) is 47.5 Å². The number of amides is 1. The molecule has 4 unspecified atom stereocenters. The Morgan fingerprint density at radius 3 is 2.41 bits per heavy atom. The lowest BCUT2D eigenvalue weighted by atomic mass is 9.84. The van der Waals surface area contributed by atoms with Gasteiger partial charge in [0.05, 0.1) is 17.7 Å². The summed E-state index contributed by atoms with van der Waals surface area (Å²) in [6, 6.07) is 6.77. The van der Waals surface area contributed by atoms with Crippen LogP contribution in [0, 0.1) is 13.8 Å². The molecule has 8 nitrogen and oxygen atoms in total. The number of hydrogen-bond acceptors (Lipinski definition) is 7. The molecule has 1 aromatic carbocycles. The van der Waals surface area contributed by atoms with E-state index in [1.807, 2.05) is 0 Å². The van der Waals surface area contributed by atoms with E-state index in [1.165, 1.54) is 6.92 Å². The molecule has 4 atom stereocenters. The van der Waals surface area contributed by atoms with Crippen molar-refractivity contribution in [1.82, 2.24) is 9.97 Å². The van der Waals surface area contributed by atoms with Crippen molar-refractivity contribution < 1.29 is 19.7 Å². The lowest BCUT2D eigenvalue weighted by Gasteiger charge is -2.37. The Labute approximate surface area is 171 Å². The standard InChI is InChI=1S/C21H30N4O4/c1-12-18(11-23-14(3)24-12)19(28)10-21(5,22)20(13(2)26)29-17-8-6-16(7-9-17)25-15(4)27/h6-9,11,13,19-20,26,28H,10,22H2,1-5H3,(H,25,27). The second-order valence-electron chi connectivity index (χ2n) is 7.67. The molecule has 8 heteroatoms. The van der Waals surface area contributed by atoms with Crippen LogP contribution in [0.3, 0.4) is 0 Å². The number of carbonyl (C=O) groups excluding carboxylic acids is 1. The Hall–Kier alpha value is -2.55. The summed E-state index contributed by atoms with van der Waals surface area (Å²) in [6.07, 6.45) is -0.840. The Bertz CT molecular complexity index is 837. The van der Waals surface area contributed by atoms with Gasteiger partial charge >= 0.3 is 0 Å². The maximum atomic E-state index is 11.1. The van der Waals surface area contributed by atoms with E-state index in [0.717, 1.165) is 0 Å². The molecule has 0 saturated heterocycles. The predicted molar refractivity (Wildman–Crippen MR) is 111 cm³/mol. The van der Waals surface area contributed by atoms with Crippen LogP contribution in [0.1, 0.15) is 50.4 Å². The molecule has 1 aromatic heterocycles. The van der Waals surface area contributed by atoms with E-state index in [2.05, 4.69) is 15.3 Å². The smallest absolute Gasteiger partial charge is 0.221 e. The Morgan fingerprint density at radius 1 is 1.28 bits per heavy atom. The SMILES string of the molecule is CC(=O)Nc1ccc(OC(C(C)O)C(C)(N)CC(O)c2cnc(C)nc2C)cc1. The molecule has 5 N–H and O–H groups in total. The zero-order valence-corrected chi connectivity index (χ0v) is 17.5. The zero-order valence-electron chi connectivity index (χ0n) is 17.5. The second-order valence-corrected chi connectivity index (χ2v) is 7.67. The van der Waals surface area contributed by atoms with Crippen LogP contribution in [0.4, 0.5) is 5.69 Å². The third kappa shape index (κ3) is 6.22. The minimum Gasteiger partial charge on any atom is -0.486 e. The Balaban J connectivity index is 2.16. The highest BCUT2D eigenvalue weighted by Gasteiger charge is 2.38. The van der Waals surface area contributed by atoms with Gasteiger partial charge in [0.1, 0.15) is 17.7 Å². The summed E-state index contributed by atoms with van der Waals surface area (Å²) in [7, 11) is 0. The number of benzene rings is 1. The molecular formula is C21H30N4O4. The van der Waals surface area contributed by atoms with Crippen molar-refractivity contribution in [1.29, 1.82) is 0 Å². The van der Waals surface area contributed by atoms with Crippen LogP contribution in [-0.2, 0) is 4.79 Å². The monoisotopic (exact) mass is 402 g/mol. The Morgan fingerprint density at radius 2 is 1.90 bits per heavy atom. The fraction of sp³-hybridized carbons (Fsp3) is 0.476. The average molecular weight is 402 g/mol. The first kappa shape index (κ1) is 22.7. The lowest BCUT2D eigenvalue weighted by Crippen LogP contribution is -2.56. The topological polar surface area (TPSA) is 131 Å². The van der Waals surface area contributed by atoms with Crippen LogP contribution in [0.25, 0.3) is 0 Å². The van der Waals surface area contributed by atoms with Gasteiger partial charge in [0.2, 0.25) is 5.91 Å². The van der Waals surface area contributed by atoms with Gasteiger partial charge in [-0.3, -0.25) is 4.79 Å². The number of ether oxygens (including phenoxy) is 1. The highest BCUT2D eigenvalue weighted by Crippen LogP contribution is 2.30. The zero-order chi connectivity index (χ0) is 21.8. The molecule has 0 aliphatic heterocycles. The third-order valence-corrected chi connectivity index (χ3v) is 4.66. The van der Waals surface area contributed by atoms with Crippen molar-refractivity contribution in [3.63, 3.8) is 0 Å². The van der Waals surface area contributed by atoms with E-state index in [1.54, 1.807) is 58.2 Å². The summed E-state index contributed by atoms with van der Waals surface area (Å²) in [5, 5.41) is 23.7. The van der Waals surface area contributed by atoms with E-state index < -0.39 is 23.9 Å². The molecule has 158 valence electrons. The average Bonchev–Trinajstić information content (AvgIpc) is 2.59. The number of aromatic nitrogens is 2. The predicted octanol–water partition coefficient (Wildman–Crippen LogP) is 2.02. The lowest BCUT2D eigenvalue weighted by molar-refractivity contribution is -0.114. The first-order valence-corrected chi connectivity index (χ1v) is 9.49. The van der Waals surface area contributed by atoms with Gasteiger partial charge in [0.25, 0.3) is 0 Å². The first-order valence-electron chi connectivity index (χ1n) is 9.49. The van der Waals surface area contributed by atoms with Gasteiger partial charge in [-0.2, -0.15) is 0 Å². The number of carbonyl (C=O) groups is 1. The van der Waals surface area contributed by atoms with Gasteiger partial charge in [0.15, 0.2) is 0 Å². The van der Waals surface area contributed by atoms with Crippen LogP contribution in [0.5, 0.6) is 5.75 Å². The quantitative estimate of drug-likeness (QED) is 0.531. The molecule has 1 heterocycles. The molecule has 0 bridgehead atoms. The summed E-state index contributed by atoms with van der Waals surface area (Å²) < 4.78 is 5.96. The Kier molecular flexibility index (Phi) is 7.29. The molecule has 0 fully saturated rings. The number of aryl methyl sites for hydroxylation is 2. The number of nitrogens with zero attached hydrogens (tertiary/aromatic N) is 2. The normalized spacial score (nSPS) is 16.4. The maximum absolute atomic E-state index is 11.1. The van der Waals surface area contributed by atoms with Crippen molar-refractivity contribution in [3.8, 4) is 5.75 Å². The minimum atomic E-state index is -1.05. The van der Waals surface area contributed by atoms with E-state index in [4.69, 9.17) is 10.5 Å². The molecule has 0 radical (unpaired) electrons. The number of aliphatic hydroxyl groups excluding tert-OH is 2. The van der Waals surface area contributed by atoms with E-state index >= 15 is 0 Å². The second kappa shape index (κ2) is 9.30. The molecule has 0 aliphatic rings. The van der Waals surface area contributed by atoms with Crippen molar-refractivity contribution in [2.75, 3.05) is 5.32 Å². The van der Waals surface area contributed by atoms with Crippen molar-refractivity contribution in [2.45, 2.75) is 64.9 Å². The third-order valence-electron chi connectivity index (χ3n) is 4.66. The molecule has 2 rings (SSSR count). The minimum absolute atomic E-state index is 0.139. The summed E-state index contributed by atoms with van der Waals surface area (Å²) in [6.45, 7) is 8.34. The van der Waals surface area contributed by atoms with Crippen LogP contribution < -0.4 is 15.8 Å². The highest BCUT2D eigenvalue weighted by atomic mass is 16.5. The van der Waals surface area contributed by atoms with Crippen LogP contribution >= 0.6 is 0 Å². The molecule has 29 heavy (non-hydrogen) atoms. The van der Waals surface area contributed by atoms with Gasteiger partial charge < -0.3 is 26.0 Å². The largest absolute Gasteiger partial charge is 0.486 e. The van der Waals surface area contributed by atoms with Gasteiger partial charge in [-0.25, -0.2) is 9.97 Å². The fourth-order valence-electron chi connectivity index (χ4n) is 3.31. The number of aliphatic hydroxyl groups is 2. The number of nitrogens with one attached hydrogen (secondary N) is 1. The highest BCUT2D eigenvalue weighted by molar-refractivity contribution is 5.88. The van der Waals surface area contributed by atoms with Gasteiger partial charge in [-0.1, -0.05) is 0 Å². The van der Waals surface area contributed by atoms with Gasteiger partial charge in [-0.05, 0) is 58.4 Å². The molecular weight excluding hydrogens is 372 g/mol. The molecule has 0 aliphatic carbocycles. The van der Waals surface area contributed by atoms with Crippen molar-refractivity contribution in [2.24, 2.45) is 5.73 Å². The summed E-state index contributed by atoms with van der Waals surface area (Å²) in [4.78, 5) is 19.6. The molecule has 0 spiro atoms. The first-order chi connectivity index (χ1) is 13.5. The fourth-order valence-corrected chi connectivity index (χ4v) is 3.31. The summed E-state index contributed by atoms with van der Waals surface area (Å²) in [5.74, 6) is 0.951. The molecule has 1 amide bonds. The van der Waals surface area contributed by atoms with E-state index in [9.17, 15) is 15.0 Å². The van der Waals surface area contributed by atoms with E-state index in [-0.39, 0.29) is 12.3 Å². The van der Waals surface area contributed by atoms with Crippen molar-refractivity contribution >= 4 is 11.6 Å². The number of hydrogen-bond donors (Lipinski definition) is 4. The number of anilines is 1. The molecule has 2 aromatic rings. The van der Waals surface area contributed by atoms with Crippen LogP contribution in [0.15, 0.2) is 30.5 Å². The summed E-state index contributed by atoms with van der Waals surface area (Å²) in [5.41, 5.74) is 7.34. The van der Waals surface area contributed by atoms with E-state index in [0.29, 0.717) is 28.5 Å². The molecule has 0 saturated carbocycles. The number of nitrogens with two attached hydrogens (primary N) is 1. The maximum Gasteiger partial charge on any atom is 0.221 e. The van der Waals surface area contributed by atoms with Gasteiger partial charge in [-0.15, -0.1) is 0 Å². The van der Waals surface area contributed by atoms with Crippen LogP contribution in [0.2, 0.25) is 0 Å². The van der Waals surface area contributed by atoms with Gasteiger partial charge in [0, 0.05) is 30.1 Å². The summed E-state index contributed by atoms with van der Waals surface area (Å²) >= 11 is 0. The number of rotatable bonds is 8. The van der Waals surface area contributed by atoms with Crippen LogP contribution in [-0.4, -0.2) is 43.8 Å².